The first-order chi connectivity index (χ1) is 22.4. The second-order valence-corrected chi connectivity index (χ2v) is 12.0. The molecule has 1 fully saturated rings. The molecule has 0 saturated carbocycles. The predicted octanol–water partition coefficient (Wildman–Crippen LogP) is 5.07. The highest BCUT2D eigenvalue weighted by Crippen LogP contribution is 2.43. The lowest BCUT2D eigenvalue weighted by atomic mass is 9.88. The van der Waals surface area contributed by atoms with E-state index in [-0.39, 0.29) is 29.5 Å². The van der Waals surface area contributed by atoms with E-state index in [1.54, 1.807) is 11.9 Å². The number of benzene rings is 3. The van der Waals surface area contributed by atoms with Crippen molar-refractivity contribution in [2.24, 2.45) is 0 Å². The molecule has 3 atom stereocenters. The van der Waals surface area contributed by atoms with Crippen LogP contribution in [0, 0.1) is 11.6 Å². The number of carbonyl (C=O) groups excluding carboxylic acids is 2. The average molecular weight is 622 g/mol. The minimum Gasteiger partial charge on any atom is -0.488 e. The predicted molar refractivity (Wildman–Crippen MR) is 167 cm³/mol. The fourth-order valence-electron chi connectivity index (χ4n) is 7.00. The molecule has 0 radical (unpaired) electrons. The van der Waals surface area contributed by atoms with Crippen LogP contribution in [0.1, 0.15) is 30.7 Å². The highest BCUT2D eigenvalue weighted by Gasteiger charge is 2.41. The van der Waals surface area contributed by atoms with Crippen molar-refractivity contribution in [3.8, 4) is 22.6 Å². The Labute approximate surface area is 262 Å². The number of likely N-dealkylation sites (N-methyl/N-ethyl adjacent to an activating group) is 1. The first kappa shape index (κ1) is 28.1. The number of amides is 2. The molecule has 4 bridgehead atoms. The van der Waals surface area contributed by atoms with Crippen molar-refractivity contribution in [3.63, 3.8) is 0 Å². The van der Waals surface area contributed by atoms with Crippen molar-refractivity contribution in [1.82, 2.24) is 24.6 Å². The van der Waals surface area contributed by atoms with Gasteiger partial charge in [-0.1, -0.05) is 24.3 Å². The number of fused-ring (bicyclic) bond motifs is 6. The van der Waals surface area contributed by atoms with Gasteiger partial charge in [-0.2, -0.15) is 5.10 Å². The van der Waals surface area contributed by atoms with Crippen LogP contribution in [0.15, 0.2) is 73.2 Å². The fourth-order valence-corrected chi connectivity index (χ4v) is 7.00. The number of nitrogens with zero attached hydrogens (tertiary/aromatic N) is 6. The molecule has 5 heterocycles. The molecule has 1 N–H and O–H groups in total. The maximum atomic E-state index is 14.7. The van der Waals surface area contributed by atoms with E-state index in [1.807, 2.05) is 47.4 Å². The Kier molecular flexibility index (Phi) is 6.66. The summed E-state index contributed by atoms with van der Waals surface area (Å²) in [4.78, 5) is 39.7. The molecule has 3 aromatic carbocycles. The quantitative estimate of drug-likeness (QED) is 0.293. The van der Waals surface area contributed by atoms with E-state index in [4.69, 9.17) is 4.74 Å². The molecule has 3 aliphatic rings. The van der Waals surface area contributed by atoms with Gasteiger partial charge in [-0.15, -0.1) is 0 Å². The monoisotopic (exact) mass is 621 g/mol. The first-order valence-electron chi connectivity index (χ1n) is 15.2. The van der Waals surface area contributed by atoms with Crippen LogP contribution in [-0.2, 0) is 9.59 Å². The average Bonchev–Trinajstić information content (AvgIpc) is 3.75. The molecule has 10 nitrogen and oxygen atoms in total. The molecule has 232 valence electrons. The Morgan fingerprint density at radius 1 is 1.02 bits per heavy atom. The second-order valence-electron chi connectivity index (χ2n) is 12.0. The standard InChI is InChI=1S/C34H29F2N7O3/c1-41-12-4-8-24-30-23(7-3-9-27(30)40-33(24)44)19-5-2-6-21(13-19)46-22-15-29(34(41)45)42(17-22)31-25-16-39-43(32(25)38-18-37-31)28-11-10-20(35)14-26(28)36/h2-3,5-7,9-11,13-14,16,18,22,24,29H,4,8,12,15,17H2,1H3,(H,40,44)/t22-,24+,29-/m0/s1. The Balaban J connectivity index is 1.18. The third-order valence-electron chi connectivity index (χ3n) is 9.14. The first-order valence-corrected chi connectivity index (χ1v) is 15.2. The minimum atomic E-state index is -0.779. The molecule has 8 rings (SSSR count). The maximum absolute atomic E-state index is 14.7. The van der Waals surface area contributed by atoms with Gasteiger partial charge < -0.3 is 19.9 Å². The van der Waals surface area contributed by atoms with Gasteiger partial charge in [-0.25, -0.2) is 23.4 Å². The third-order valence-corrected chi connectivity index (χ3v) is 9.14. The van der Waals surface area contributed by atoms with Gasteiger partial charge in [-0.3, -0.25) is 9.59 Å². The van der Waals surface area contributed by atoms with Crippen LogP contribution < -0.4 is 15.0 Å². The van der Waals surface area contributed by atoms with E-state index in [0.717, 1.165) is 34.5 Å². The molecule has 46 heavy (non-hydrogen) atoms. The van der Waals surface area contributed by atoms with Gasteiger partial charge in [0.25, 0.3) is 0 Å². The number of nitrogens with one attached hydrogen (secondary N) is 1. The second kappa shape index (κ2) is 10.9. The van der Waals surface area contributed by atoms with Gasteiger partial charge in [0.15, 0.2) is 11.5 Å². The van der Waals surface area contributed by atoms with Gasteiger partial charge in [0.2, 0.25) is 11.8 Å². The molecule has 0 aliphatic carbocycles. The summed E-state index contributed by atoms with van der Waals surface area (Å²) in [7, 11) is 1.77. The number of ether oxygens (including phenoxy) is 1. The van der Waals surface area contributed by atoms with Gasteiger partial charge in [0, 0.05) is 31.8 Å². The van der Waals surface area contributed by atoms with E-state index in [0.29, 0.717) is 55.0 Å². The molecule has 1 saturated heterocycles. The van der Waals surface area contributed by atoms with Crippen LogP contribution in [0.5, 0.6) is 5.75 Å². The number of rotatable bonds is 2. The van der Waals surface area contributed by atoms with Crippen LogP contribution in [0.3, 0.4) is 0 Å². The van der Waals surface area contributed by atoms with Gasteiger partial charge in [0.05, 0.1) is 24.0 Å². The molecule has 0 unspecified atom stereocenters. The summed E-state index contributed by atoms with van der Waals surface area (Å²) in [5.41, 5.74) is 4.10. The number of anilines is 2. The van der Waals surface area contributed by atoms with E-state index >= 15 is 0 Å². The van der Waals surface area contributed by atoms with Crippen LogP contribution >= 0.6 is 0 Å². The van der Waals surface area contributed by atoms with E-state index in [2.05, 4.69) is 20.4 Å². The summed E-state index contributed by atoms with van der Waals surface area (Å²) in [5.74, 6) is -0.817. The molecule has 0 spiro atoms. The van der Waals surface area contributed by atoms with Crippen molar-refractivity contribution in [3.05, 3.63) is 90.4 Å². The van der Waals surface area contributed by atoms with Crippen LogP contribution in [-0.4, -0.2) is 68.7 Å². The maximum Gasteiger partial charge on any atom is 0.245 e. The van der Waals surface area contributed by atoms with Crippen molar-refractivity contribution in [1.29, 1.82) is 0 Å². The van der Waals surface area contributed by atoms with E-state index in [1.165, 1.54) is 23.3 Å². The Morgan fingerprint density at radius 2 is 1.89 bits per heavy atom. The molecule has 2 aromatic heterocycles. The van der Waals surface area contributed by atoms with E-state index < -0.39 is 17.7 Å². The highest BCUT2D eigenvalue weighted by molar-refractivity contribution is 6.05. The summed E-state index contributed by atoms with van der Waals surface area (Å²) < 4.78 is 36.2. The fraction of sp³-hybridized carbons (Fsp3) is 0.265. The summed E-state index contributed by atoms with van der Waals surface area (Å²) in [5, 5.41) is 7.91. The SMILES string of the molecule is CN1CCC[C@H]2C(=O)Nc3cccc(c32)-c2cccc(c2)O[C@H]2C[C@@H](C1=O)N(c1ncnc3c1cnn3-c1ccc(F)cc1F)C2. The summed E-state index contributed by atoms with van der Waals surface area (Å²) in [6.45, 7) is 0.822. The van der Waals surface area contributed by atoms with E-state index in [9.17, 15) is 18.4 Å². The summed E-state index contributed by atoms with van der Waals surface area (Å²) >= 11 is 0. The largest absolute Gasteiger partial charge is 0.488 e. The highest BCUT2D eigenvalue weighted by atomic mass is 19.1. The molecule has 3 aliphatic heterocycles. The van der Waals surface area contributed by atoms with Crippen molar-refractivity contribution >= 4 is 34.4 Å². The van der Waals surface area contributed by atoms with Crippen LogP contribution in [0.2, 0.25) is 0 Å². The third kappa shape index (κ3) is 4.63. The van der Waals surface area contributed by atoms with Gasteiger partial charge in [0.1, 0.15) is 41.5 Å². The molecule has 5 aromatic rings. The zero-order valence-corrected chi connectivity index (χ0v) is 24.9. The molecule has 2 amide bonds. The zero-order valence-electron chi connectivity index (χ0n) is 24.9. The number of halogens is 2. The smallest absolute Gasteiger partial charge is 0.245 e. The molecule has 12 heteroatoms. The number of carbonyl (C=O) groups is 2. The van der Waals surface area contributed by atoms with Gasteiger partial charge >= 0.3 is 0 Å². The summed E-state index contributed by atoms with van der Waals surface area (Å²) in [6.07, 6.45) is 4.16. The number of hydrogen-bond donors (Lipinski definition) is 1. The topological polar surface area (TPSA) is 105 Å². The van der Waals surface area contributed by atoms with Crippen LogP contribution in [0.4, 0.5) is 20.3 Å². The van der Waals surface area contributed by atoms with Crippen molar-refractivity contribution < 1.29 is 23.1 Å². The lowest BCUT2D eigenvalue weighted by Crippen LogP contribution is -2.45. The number of aromatic nitrogens is 4. The van der Waals surface area contributed by atoms with Crippen molar-refractivity contribution in [2.45, 2.75) is 37.3 Å². The molecular weight excluding hydrogens is 592 g/mol. The van der Waals surface area contributed by atoms with Gasteiger partial charge in [-0.05, 0) is 59.9 Å². The lowest BCUT2D eigenvalue weighted by molar-refractivity contribution is -0.131. The Morgan fingerprint density at radius 3 is 2.76 bits per heavy atom. The number of hydrogen-bond acceptors (Lipinski definition) is 7. The Bertz CT molecular complexity index is 2030. The van der Waals surface area contributed by atoms with Crippen molar-refractivity contribution in [2.75, 3.05) is 30.4 Å². The zero-order chi connectivity index (χ0) is 31.5. The Hall–Kier alpha value is -5.39. The summed E-state index contributed by atoms with van der Waals surface area (Å²) in [6, 6.07) is 16.4. The van der Waals surface area contributed by atoms with Crippen LogP contribution in [0.25, 0.3) is 27.8 Å². The lowest BCUT2D eigenvalue weighted by Gasteiger charge is -2.29. The minimum absolute atomic E-state index is 0.0350. The molecular formula is C34H29F2N7O3. The normalized spacial score (nSPS) is 21.1.